The van der Waals surface area contributed by atoms with E-state index in [9.17, 15) is 10.5 Å². The third-order valence-corrected chi connectivity index (χ3v) is 3.39. The first-order valence-corrected chi connectivity index (χ1v) is 7.42. The Morgan fingerprint density at radius 3 is 2.15 bits per heavy atom. The van der Waals surface area contributed by atoms with Crippen LogP contribution in [-0.2, 0) is 0 Å². The summed E-state index contributed by atoms with van der Waals surface area (Å²) in [6, 6.07) is 13.9. The Morgan fingerprint density at radius 1 is 0.900 bits per heavy atom. The lowest BCUT2D eigenvalue weighted by Gasteiger charge is -2.04. The van der Waals surface area contributed by atoms with Crippen LogP contribution in [0.15, 0.2) is 35.9 Å². The molecule has 0 N–H and O–H groups in total. The molecule has 2 nitrogen and oxygen atoms in total. The fourth-order valence-corrected chi connectivity index (χ4v) is 2.23. The zero-order valence-corrected chi connectivity index (χ0v) is 12.2. The highest BCUT2D eigenvalue weighted by Gasteiger charge is 2.08. The molecule has 0 unspecified atom stereocenters. The summed E-state index contributed by atoms with van der Waals surface area (Å²) in [6.07, 6.45) is 7.86. The molecule has 0 saturated carbocycles. The topological polar surface area (TPSA) is 47.6 Å². The van der Waals surface area contributed by atoms with Gasteiger partial charge in [0.2, 0.25) is 0 Å². The standard InChI is InChI=1S/C18H22N2/c1-2-3-4-5-6-8-13-17(14-19)18(15-20)16-11-9-7-10-12-16/h7,9-12H,2-6,8,13H2,1H3/b18-17+. The van der Waals surface area contributed by atoms with Crippen LogP contribution in [0, 0.1) is 22.7 Å². The Bertz CT molecular complexity index is 500. The van der Waals surface area contributed by atoms with Gasteiger partial charge in [0.05, 0.1) is 11.6 Å². The Kier molecular flexibility index (Phi) is 7.85. The molecule has 1 aromatic rings. The van der Waals surface area contributed by atoms with Gasteiger partial charge in [0.15, 0.2) is 0 Å². The molecule has 0 spiro atoms. The van der Waals surface area contributed by atoms with Crippen LogP contribution >= 0.6 is 0 Å². The molecule has 0 aromatic heterocycles. The van der Waals surface area contributed by atoms with Gasteiger partial charge in [-0.15, -0.1) is 0 Å². The zero-order chi connectivity index (χ0) is 14.6. The number of rotatable bonds is 8. The van der Waals surface area contributed by atoms with Crippen LogP contribution in [-0.4, -0.2) is 0 Å². The minimum Gasteiger partial charge on any atom is -0.193 e. The van der Waals surface area contributed by atoms with Gasteiger partial charge in [0.1, 0.15) is 6.07 Å². The SMILES string of the molecule is CCCCCCCC/C(C#N)=C(/C#N)c1ccccc1. The lowest BCUT2D eigenvalue weighted by Crippen LogP contribution is -1.90. The van der Waals surface area contributed by atoms with Crippen molar-refractivity contribution >= 4 is 5.57 Å². The Hall–Kier alpha value is -2.06. The maximum Gasteiger partial charge on any atom is 0.101 e. The Morgan fingerprint density at radius 2 is 1.55 bits per heavy atom. The molecular weight excluding hydrogens is 244 g/mol. The Labute approximate surface area is 122 Å². The van der Waals surface area contributed by atoms with E-state index in [1.807, 2.05) is 30.3 Å². The van der Waals surface area contributed by atoms with E-state index in [1.54, 1.807) is 0 Å². The predicted octanol–water partition coefficient (Wildman–Crippen LogP) is 5.24. The number of unbranched alkanes of at least 4 members (excludes halogenated alkanes) is 5. The van der Waals surface area contributed by atoms with Gasteiger partial charge in [-0.25, -0.2) is 0 Å². The molecular formula is C18H22N2. The van der Waals surface area contributed by atoms with Gasteiger partial charge in [0.25, 0.3) is 0 Å². The molecule has 0 heterocycles. The zero-order valence-electron chi connectivity index (χ0n) is 12.2. The normalized spacial score (nSPS) is 11.3. The first-order valence-electron chi connectivity index (χ1n) is 7.42. The van der Waals surface area contributed by atoms with Crippen molar-refractivity contribution < 1.29 is 0 Å². The third kappa shape index (κ3) is 5.29. The number of allylic oxidation sites excluding steroid dienone is 2. The van der Waals surface area contributed by atoms with E-state index in [-0.39, 0.29) is 0 Å². The van der Waals surface area contributed by atoms with E-state index in [0.717, 1.165) is 18.4 Å². The second-order valence-electron chi connectivity index (χ2n) is 4.96. The smallest absolute Gasteiger partial charge is 0.101 e. The minimum absolute atomic E-state index is 0.529. The fourth-order valence-electron chi connectivity index (χ4n) is 2.23. The van der Waals surface area contributed by atoms with Crippen LogP contribution in [0.4, 0.5) is 0 Å². The summed E-state index contributed by atoms with van der Waals surface area (Å²) in [4.78, 5) is 0. The summed E-state index contributed by atoms with van der Waals surface area (Å²) in [5, 5.41) is 18.6. The number of hydrogen-bond acceptors (Lipinski definition) is 2. The van der Waals surface area contributed by atoms with E-state index in [1.165, 1.54) is 25.7 Å². The maximum absolute atomic E-state index is 9.29. The highest BCUT2D eigenvalue weighted by atomic mass is 14.3. The molecule has 1 aromatic carbocycles. The number of benzene rings is 1. The van der Waals surface area contributed by atoms with Crippen molar-refractivity contribution in [2.24, 2.45) is 0 Å². The summed E-state index contributed by atoms with van der Waals surface area (Å²) in [5.74, 6) is 0. The largest absolute Gasteiger partial charge is 0.193 e. The molecule has 0 aliphatic rings. The first kappa shape index (κ1) is 16.0. The molecule has 0 radical (unpaired) electrons. The molecule has 0 aliphatic carbocycles. The van der Waals surface area contributed by atoms with E-state index in [0.29, 0.717) is 17.6 Å². The quantitative estimate of drug-likeness (QED) is 0.477. The average molecular weight is 266 g/mol. The van der Waals surface area contributed by atoms with Crippen molar-refractivity contribution in [3.05, 3.63) is 41.5 Å². The fraction of sp³-hybridized carbons (Fsp3) is 0.444. The number of nitrogens with zero attached hydrogens (tertiary/aromatic N) is 2. The van der Waals surface area contributed by atoms with Gasteiger partial charge in [0, 0.05) is 5.57 Å². The van der Waals surface area contributed by atoms with Crippen LogP contribution in [0.1, 0.15) is 57.4 Å². The third-order valence-electron chi connectivity index (χ3n) is 3.39. The van der Waals surface area contributed by atoms with Crippen molar-refractivity contribution in [3.63, 3.8) is 0 Å². The van der Waals surface area contributed by atoms with Crippen molar-refractivity contribution in [3.8, 4) is 12.1 Å². The maximum atomic E-state index is 9.29. The van der Waals surface area contributed by atoms with E-state index in [4.69, 9.17) is 0 Å². The molecule has 0 saturated heterocycles. The number of hydrogen-bond donors (Lipinski definition) is 0. The van der Waals surface area contributed by atoms with Crippen molar-refractivity contribution in [2.75, 3.05) is 0 Å². The lowest BCUT2D eigenvalue weighted by atomic mass is 9.97. The molecule has 104 valence electrons. The van der Waals surface area contributed by atoms with E-state index in [2.05, 4.69) is 19.1 Å². The monoisotopic (exact) mass is 266 g/mol. The summed E-state index contributed by atoms with van der Waals surface area (Å²) in [6.45, 7) is 2.20. The molecule has 0 atom stereocenters. The molecule has 20 heavy (non-hydrogen) atoms. The van der Waals surface area contributed by atoms with Gasteiger partial charge in [-0.2, -0.15) is 10.5 Å². The van der Waals surface area contributed by atoms with Gasteiger partial charge in [-0.05, 0) is 18.4 Å². The second kappa shape index (κ2) is 9.82. The lowest BCUT2D eigenvalue weighted by molar-refractivity contribution is 0.609. The van der Waals surface area contributed by atoms with Gasteiger partial charge in [-0.3, -0.25) is 0 Å². The highest BCUT2D eigenvalue weighted by Crippen LogP contribution is 2.22. The Balaban J connectivity index is 2.61. The molecule has 0 amide bonds. The average Bonchev–Trinajstić information content (AvgIpc) is 2.50. The summed E-state index contributed by atoms with van der Waals surface area (Å²) in [7, 11) is 0. The molecule has 0 bridgehead atoms. The van der Waals surface area contributed by atoms with Crippen LogP contribution in [0.5, 0.6) is 0 Å². The van der Waals surface area contributed by atoms with E-state index < -0.39 is 0 Å². The molecule has 0 aliphatic heterocycles. The van der Waals surface area contributed by atoms with Crippen LogP contribution in [0.3, 0.4) is 0 Å². The van der Waals surface area contributed by atoms with Crippen LogP contribution in [0.2, 0.25) is 0 Å². The predicted molar refractivity (Wildman–Crippen MR) is 82.6 cm³/mol. The molecule has 0 fully saturated rings. The first-order chi connectivity index (χ1) is 9.83. The van der Waals surface area contributed by atoms with Gasteiger partial charge < -0.3 is 0 Å². The van der Waals surface area contributed by atoms with Crippen LogP contribution in [0.25, 0.3) is 5.57 Å². The number of nitriles is 2. The second-order valence-corrected chi connectivity index (χ2v) is 4.96. The van der Waals surface area contributed by atoms with Gasteiger partial charge in [-0.1, -0.05) is 69.4 Å². The molecule has 1 rings (SSSR count). The minimum atomic E-state index is 0.529. The van der Waals surface area contributed by atoms with Crippen LogP contribution < -0.4 is 0 Å². The summed E-state index contributed by atoms with van der Waals surface area (Å²) in [5.41, 5.74) is 1.99. The van der Waals surface area contributed by atoms with Gasteiger partial charge >= 0.3 is 0 Å². The summed E-state index contributed by atoms with van der Waals surface area (Å²) >= 11 is 0. The van der Waals surface area contributed by atoms with Crippen molar-refractivity contribution in [2.45, 2.75) is 51.9 Å². The molecule has 2 heteroatoms. The highest BCUT2D eigenvalue weighted by molar-refractivity contribution is 5.81. The van der Waals surface area contributed by atoms with E-state index >= 15 is 0 Å². The van der Waals surface area contributed by atoms with Crippen molar-refractivity contribution in [1.82, 2.24) is 0 Å². The summed E-state index contributed by atoms with van der Waals surface area (Å²) < 4.78 is 0. The van der Waals surface area contributed by atoms with Crippen molar-refractivity contribution in [1.29, 1.82) is 10.5 Å².